The SMILES string of the molecule is Cc1cc(C)c(C)c(Oc2ccc(S(N)(=O)=O)c(N)c2)c1. The number of rotatable bonds is 3. The highest BCUT2D eigenvalue weighted by molar-refractivity contribution is 7.89. The van der Waals surface area contributed by atoms with Gasteiger partial charge in [0.15, 0.2) is 0 Å². The van der Waals surface area contributed by atoms with Crippen LogP contribution in [0.4, 0.5) is 5.69 Å². The minimum Gasteiger partial charge on any atom is -0.457 e. The lowest BCUT2D eigenvalue weighted by molar-refractivity contribution is 0.478. The molecule has 4 N–H and O–H groups in total. The van der Waals surface area contributed by atoms with Crippen molar-refractivity contribution in [2.45, 2.75) is 25.7 Å². The summed E-state index contributed by atoms with van der Waals surface area (Å²) < 4.78 is 28.5. The number of sulfonamides is 1. The van der Waals surface area contributed by atoms with Gasteiger partial charge in [-0.15, -0.1) is 0 Å². The Labute approximate surface area is 124 Å². The molecule has 5 nitrogen and oxygen atoms in total. The van der Waals surface area contributed by atoms with Crippen molar-refractivity contribution < 1.29 is 13.2 Å². The average Bonchev–Trinajstić information content (AvgIpc) is 2.33. The summed E-state index contributed by atoms with van der Waals surface area (Å²) in [6.07, 6.45) is 0. The van der Waals surface area contributed by atoms with Gasteiger partial charge < -0.3 is 10.5 Å². The summed E-state index contributed by atoms with van der Waals surface area (Å²) in [4.78, 5) is -0.105. The van der Waals surface area contributed by atoms with E-state index in [-0.39, 0.29) is 10.6 Å². The summed E-state index contributed by atoms with van der Waals surface area (Å²) in [5, 5.41) is 5.08. The first-order valence-corrected chi connectivity index (χ1v) is 7.91. The molecule has 2 aromatic rings. The van der Waals surface area contributed by atoms with Crippen LogP contribution < -0.4 is 15.6 Å². The van der Waals surface area contributed by atoms with Crippen molar-refractivity contribution in [3.8, 4) is 11.5 Å². The predicted molar refractivity (Wildman–Crippen MR) is 83.0 cm³/mol. The molecule has 0 unspecified atom stereocenters. The van der Waals surface area contributed by atoms with Crippen molar-refractivity contribution in [2.75, 3.05) is 5.73 Å². The standard InChI is InChI=1S/C15H18N2O3S/c1-9-6-10(2)11(3)14(7-9)20-12-4-5-15(13(16)8-12)21(17,18)19/h4-8H,16H2,1-3H3,(H2,17,18,19). The molecule has 0 aliphatic rings. The van der Waals surface area contributed by atoms with E-state index in [4.69, 9.17) is 15.6 Å². The van der Waals surface area contributed by atoms with Crippen molar-refractivity contribution in [3.05, 3.63) is 47.0 Å². The van der Waals surface area contributed by atoms with Crippen LogP contribution in [-0.2, 0) is 10.0 Å². The molecule has 6 heteroatoms. The minimum atomic E-state index is -3.83. The van der Waals surface area contributed by atoms with Gasteiger partial charge in [0.2, 0.25) is 10.0 Å². The molecule has 112 valence electrons. The Morgan fingerprint density at radius 1 is 1.05 bits per heavy atom. The van der Waals surface area contributed by atoms with Gasteiger partial charge in [-0.1, -0.05) is 6.07 Å². The summed E-state index contributed by atoms with van der Waals surface area (Å²) in [7, 11) is -3.83. The smallest absolute Gasteiger partial charge is 0.240 e. The lowest BCUT2D eigenvalue weighted by Gasteiger charge is -2.13. The number of aryl methyl sites for hydroxylation is 2. The highest BCUT2D eigenvalue weighted by Gasteiger charge is 2.13. The Balaban J connectivity index is 2.40. The number of anilines is 1. The fraction of sp³-hybridized carbons (Fsp3) is 0.200. The Bertz CT molecular complexity index is 799. The van der Waals surface area contributed by atoms with Gasteiger partial charge in [0.1, 0.15) is 16.4 Å². The van der Waals surface area contributed by atoms with Gasteiger partial charge in [-0.3, -0.25) is 0 Å². The molecule has 0 aromatic heterocycles. The summed E-state index contributed by atoms with van der Waals surface area (Å²) in [5.41, 5.74) is 9.02. The first-order chi connectivity index (χ1) is 9.68. The molecule has 21 heavy (non-hydrogen) atoms. The van der Waals surface area contributed by atoms with Crippen LogP contribution in [0.2, 0.25) is 0 Å². The van der Waals surface area contributed by atoms with Crippen LogP contribution in [0, 0.1) is 20.8 Å². The van der Waals surface area contributed by atoms with Crippen molar-refractivity contribution in [2.24, 2.45) is 5.14 Å². The van der Waals surface area contributed by atoms with Crippen molar-refractivity contribution >= 4 is 15.7 Å². The maximum Gasteiger partial charge on any atom is 0.240 e. The Hall–Kier alpha value is -2.05. The van der Waals surface area contributed by atoms with Crippen LogP contribution in [0.25, 0.3) is 0 Å². The van der Waals surface area contributed by atoms with E-state index in [1.165, 1.54) is 18.2 Å². The quantitative estimate of drug-likeness (QED) is 0.852. The lowest BCUT2D eigenvalue weighted by atomic mass is 10.1. The molecule has 0 bridgehead atoms. The maximum atomic E-state index is 11.3. The minimum absolute atomic E-state index is 0.0667. The third-order valence-corrected chi connectivity index (χ3v) is 4.26. The van der Waals surface area contributed by atoms with E-state index in [0.717, 1.165) is 22.4 Å². The zero-order valence-electron chi connectivity index (χ0n) is 12.2. The van der Waals surface area contributed by atoms with Gasteiger partial charge in [-0.05, 0) is 55.7 Å². The maximum absolute atomic E-state index is 11.3. The molecule has 0 saturated heterocycles. The third-order valence-electron chi connectivity index (χ3n) is 3.28. The predicted octanol–water partition coefficient (Wildman–Crippen LogP) is 2.63. The van der Waals surface area contributed by atoms with E-state index >= 15 is 0 Å². The number of ether oxygens (including phenoxy) is 1. The fourth-order valence-corrected chi connectivity index (χ4v) is 2.73. The van der Waals surface area contributed by atoms with E-state index < -0.39 is 10.0 Å². The van der Waals surface area contributed by atoms with Gasteiger partial charge in [0.05, 0.1) is 5.69 Å². The van der Waals surface area contributed by atoms with Crippen molar-refractivity contribution in [1.29, 1.82) is 0 Å². The van der Waals surface area contributed by atoms with Gasteiger partial charge >= 0.3 is 0 Å². The molecule has 0 saturated carbocycles. The number of primary sulfonamides is 1. The number of benzene rings is 2. The van der Waals surface area contributed by atoms with Crippen LogP contribution in [0.15, 0.2) is 35.2 Å². The zero-order chi connectivity index (χ0) is 15.8. The van der Waals surface area contributed by atoms with Crippen molar-refractivity contribution in [1.82, 2.24) is 0 Å². The van der Waals surface area contributed by atoms with Gasteiger partial charge in [-0.25, -0.2) is 13.6 Å². The second-order valence-corrected chi connectivity index (χ2v) is 6.58. The monoisotopic (exact) mass is 306 g/mol. The number of nitrogen functional groups attached to an aromatic ring is 1. The highest BCUT2D eigenvalue weighted by Crippen LogP contribution is 2.31. The first kappa shape index (κ1) is 15.3. The molecular weight excluding hydrogens is 288 g/mol. The molecule has 0 aliphatic carbocycles. The Morgan fingerprint density at radius 3 is 2.29 bits per heavy atom. The molecule has 0 amide bonds. The van der Waals surface area contributed by atoms with Crippen LogP contribution in [-0.4, -0.2) is 8.42 Å². The molecule has 2 rings (SSSR count). The topological polar surface area (TPSA) is 95.4 Å². The fourth-order valence-electron chi connectivity index (χ4n) is 2.08. The number of nitrogens with two attached hydrogens (primary N) is 2. The number of hydrogen-bond donors (Lipinski definition) is 2. The van der Waals surface area contributed by atoms with Crippen LogP contribution >= 0.6 is 0 Å². The van der Waals surface area contributed by atoms with Gasteiger partial charge in [-0.2, -0.15) is 0 Å². The summed E-state index contributed by atoms with van der Waals surface area (Å²) in [6, 6.07) is 8.33. The average molecular weight is 306 g/mol. The summed E-state index contributed by atoms with van der Waals surface area (Å²) in [5.74, 6) is 1.18. The largest absolute Gasteiger partial charge is 0.457 e. The Kier molecular flexibility index (Phi) is 3.93. The molecule has 2 aromatic carbocycles. The van der Waals surface area contributed by atoms with Crippen LogP contribution in [0.1, 0.15) is 16.7 Å². The second-order valence-electron chi connectivity index (χ2n) is 5.05. The second kappa shape index (κ2) is 5.38. The molecule has 0 radical (unpaired) electrons. The van der Waals surface area contributed by atoms with Crippen LogP contribution in [0.3, 0.4) is 0 Å². The summed E-state index contributed by atoms with van der Waals surface area (Å²) in [6.45, 7) is 5.96. The van der Waals surface area contributed by atoms with E-state index in [1.54, 1.807) is 0 Å². The zero-order valence-corrected chi connectivity index (χ0v) is 13.0. The Morgan fingerprint density at radius 2 is 1.71 bits per heavy atom. The van der Waals surface area contributed by atoms with E-state index in [1.807, 2.05) is 26.8 Å². The van der Waals surface area contributed by atoms with Gasteiger partial charge in [0.25, 0.3) is 0 Å². The lowest BCUT2D eigenvalue weighted by Crippen LogP contribution is -2.14. The normalized spacial score (nSPS) is 11.4. The molecule has 0 aliphatic heterocycles. The highest BCUT2D eigenvalue weighted by atomic mass is 32.2. The van der Waals surface area contributed by atoms with Crippen molar-refractivity contribution in [3.63, 3.8) is 0 Å². The summed E-state index contributed by atoms with van der Waals surface area (Å²) >= 11 is 0. The molecular formula is C15H18N2O3S. The van der Waals surface area contributed by atoms with Gasteiger partial charge in [0, 0.05) is 6.07 Å². The van der Waals surface area contributed by atoms with E-state index in [0.29, 0.717) is 5.75 Å². The van der Waals surface area contributed by atoms with Crippen LogP contribution in [0.5, 0.6) is 11.5 Å². The molecule has 0 heterocycles. The van der Waals surface area contributed by atoms with E-state index in [9.17, 15) is 8.42 Å². The van der Waals surface area contributed by atoms with E-state index in [2.05, 4.69) is 6.07 Å². The molecule has 0 spiro atoms. The number of hydrogen-bond acceptors (Lipinski definition) is 4. The molecule has 0 fully saturated rings. The third kappa shape index (κ3) is 3.34. The molecule has 0 atom stereocenters. The first-order valence-electron chi connectivity index (χ1n) is 6.36.